The van der Waals surface area contributed by atoms with Crippen molar-refractivity contribution in [2.24, 2.45) is 0 Å². The summed E-state index contributed by atoms with van der Waals surface area (Å²) in [5.74, 6) is 1.49. The van der Waals surface area contributed by atoms with Crippen LogP contribution in [0.3, 0.4) is 0 Å². The van der Waals surface area contributed by atoms with Crippen LogP contribution in [0.25, 0.3) is 32.0 Å². The fourth-order valence-electron chi connectivity index (χ4n) is 6.46. The molecule has 3 N–H and O–H groups in total. The first-order valence-corrected chi connectivity index (χ1v) is 16.6. The minimum absolute atomic E-state index is 0.105. The van der Waals surface area contributed by atoms with Gasteiger partial charge in [-0.2, -0.15) is 0 Å². The number of rotatable bonds is 7. The largest absolute Gasteiger partial charge is 0.421 e. The van der Waals surface area contributed by atoms with Gasteiger partial charge in [0.05, 0.1) is 27.6 Å². The predicted octanol–water partition coefficient (Wildman–Crippen LogP) is 6.68. The minimum Gasteiger partial charge on any atom is -0.421 e. The van der Waals surface area contributed by atoms with Crippen LogP contribution in [0.5, 0.6) is 0 Å². The maximum absolute atomic E-state index is 13.9. The number of hydrogen-bond acceptors (Lipinski definition) is 10. The summed E-state index contributed by atoms with van der Waals surface area (Å²) in [7, 11) is 0. The van der Waals surface area contributed by atoms with E-state index < -0.39 is 0 Å². The van der Waals surface area contributed by atoms with Crippen molar-refractivity contribution < 1.29 is 13.6 Å². The number of halogens is 1. The van der Waals surface area contributed by atoms with Crippen molar-refractivity contribution in [3.63, 3.8) is 0 Å². The molecule has 6 aromatic rings. The highest BCUT2D eigenvalue weighted by Crippen LogP contribution is 2.46. The number of aromatic nitrogens is 5. The van der Waals surface area contributed by atoms with Gasteiger partial charge < -0.3 is 20.4 Å². The zero-order valence-corrected chi connectivity index (χ0v) is 26.5. The first-order chi connectivity index (χ1) is 23.0. The predicted molar refractivity (Wildman–Crippen MR) is 179 cm³/mol. The SMILES string of the molecule is Cc1nnc(-c2c(CCc3ccc(F)cc3)nc3c(c2-c2cc4ccnc(NC5CCc6ncccc65)c4s2)C(=O)NCCCN3)o1. The first kappa shape index (κ1) is 29.2. The standard InChI is InChI=1S/C35H31FN8O2S/c1-19-43-44-35(46-19)28-26(10-7-20-5-8-22(36)9-6-20)42-32-30(34(45)40-16-3-15-38-32)29(28)27-18-21-13-17-39-33(31(21)47-27)41-25-12-11-24-23(25)4-2-14-37-24/h2,4-6,8-9,13-14,17-18,25H,3,7,10-12,15-16H2,1H3,(H,38,42)(H,39,41)(H,40,45). The second-order valence-corrected chi connectivity index (χ2v) is 12.8. The van der Waals surface area contributed by atoms with E-state index in [9.17, 15) is 9.18 Å². The average molecular weight is 647 g/mol. The molecule has 12 heteroatoms. The first-order valence-electron chi connectivity index (χ1n) is 15.7. The van der Waals surface area contributed by atoms with Gasteiger partial charge in [0.15, 0.2) is 0 Å². The van der Waals surface area contributed by atoms with Gasteiger partial charge in [-0.05, 0) is 78.9 Å². The van der Waals surface area contributed by atoms with Crippen molar-refractivity contribution in [3.05, 3.63) is 101 Å². The number of carbonyl (C=O) groups is 1. The Labute approximate surface area is 273 Å². The maximum Gasteiger partial charge on any atom is 0.255 e. The topological polar surface area (TPSA) is 131 Å². The van der Waals surface area contributed by atoms with Gasteiger partial charge in [0.1, 0.15) is 17.5 Å². The molecular weight excluding hydrogens is 616 g/mol. The van der Waals surface area contributed by atoms with E-state index in [2.05, 4.69) is 43.3 Å². The second kappa shape index (κ2) is 12.2. The number of amides is 1. The third-order valence-electron chi connectivity index (χ3n) is 8.70. The van der Waals surface area contributed by atoms with Crippen LogP contribution in [0.2, 0.25) is 0 Å². The Morgan fingerprint density at radius 3 is 2.72 bits per heavy atom. The van der Waals surface area contributed by atoms with Gasteiger partial charge in [0.25, 0.3) is 5.91 Å². The second-order valence-electron chi connectivity index (χ2n) is 11.8. The minimum atomic E-state index is -0.283. The Balaban J connectivity index is 1.30. The van der Waals surface area contributed by atoms with E-state index >= 15 is 0 Å². The van der Waals surface area contributed by atoms with E-state index in [4.69, 9.17) is 14.4 Å². The van der Waals surface area contributed by atoms with Gasteiger partial charge in [0.2, 0.25) is 11.8 Å². The molecule has 47 heavy (non-hydrogen) atoms. The van der Waals surface area contributed by atoms with Gasteiger partial charge in [-0.15, -0.1) is 21.5 Å². The van der Waals surface area contributed by atoms with Gasteiger partial charge in [-0.3, -0.25) is 9.78 Å². The van der Waals surface area contributed by atoms with Crippen LogP contribution in [0.15, 0.2) is 65.3 Å². The fraction of sp³-hybridized carbons (Fsp3) is 0.257. The molecule has 1 amide bonds. The number of carbonyl (C=O) groups excluding carboxylic acids is 1. The summed E-state index contributed by atoms with van der Waals surface area (Å²) < 4.78 is 20.7. The molecule has 0 saturated carbocycles. The van der Waals surface area contributed by atoms with Crippen molar-refractivity contribution in [2.45, 2.75) is 45.1 Å². The van der Waals surface area contributed by atoms with Crippen LogP contribution in [0.1, 0.15) is 57.6 Å². The lowest BCUT2D eigenvalue weighted by molar-refractivity contribution is 0.0953. The van der Waals surface area contributed by atoms with E-state index in [1.807, 2.05) is 24.5 Å². The summed E-state index contributed by atoms with van der Waals surface area (Å²) in [6.07, 6.45) is 7.36. The molecule has 10 nitrogen and oxygen atoms in total. The summed E-state index contributed by atoms with van der Waals surface area (Å²) >= 11 is 1.56. The number of nitrogens with one attached hydrogen (secondary N) is 3. The molecule has 8 rings (SSSR count). The van der Waals surface area contributed by atoms with Crippen LogP contribution in [0.4, 0.5) is 16.0 Å². The van der Waals surface area contributed by atoms with Gasteiger partial charge >= 0.3 is 0 Å². The lowest BCUT2D eigenvalue weighted by Crippen LogP contribution is -2.31. The van der Waals surface area contributed by atoms with E-state index in [1.165, 1.54) is 17.7 Å². The third-order valence-corrected chi connectivity index (χ3v) is 9.87. The number of nitrogens with zero attached hydrogens (tertiary/aromatic N) is 5. The lowest BCUT2D eigenvalue weighted by atomic mass is 9.94. The summed E-state index contributed by atoms with van der Waals surface area (Å²) in [5.41, 5.74) is 5.72. The van der Waals surface area contributed by atoms with Crippen molar-refractivity contribution in [3.8, 4) is 21.9 Å². The Morgan fingerprint density at radius 1 is 1.00 bits per heavy atom. The number of hydrogen-bond donors (Lipinski definition) is 3. The average Bonchev–Trinajstić information content (AvgIpc) is 3.82. The van der Waals surface area contributed by atoms with Gasteiger partial charge in [-0.1, -0.05) is 18.2 Å². The Bertz CT molecular complexity index is 2130. The molecule has 1 atom stereocenters. The van der Waals surface area contributed by atoms with Gasteiger partial charge in [0, 0.05) is 48.5 Å². The number of fused-ring (bicyclic) bond motifs is 3. The lowest BCUT2D eigenvalue weighted by Gasteiger charge is -2.22. The number of aryl methyl sites for hydroxylation is 4. The summed E-state index contributed by atoms with van der Waals surface area (Å²) in [4.78, 5) is 29.1. The molecule has 236 valence electrons. The number of pyridine rings is 3. The number of anilines is 2. The molecular formula is C35H31FN8O2S. The molecule has 1 aliphatic heterocycles. The van der Waals surface area contributed by atoms with Crippen LogP contribution in [-0.4, -0.2) is 44.1 Å². The highest BCUT2D eigenvalue weighted by Gasteiger charge is 2.31. The highest BCUT2D eigenvalue weighted by atomic mass is 32.1. The molecule has 0 fully saturated rings. The van der Waals surface area contributed by atoms with E-state index in [0.717, 1.165) is 51.3 Å². The zero-order chi connectivity index (χ0) is 31.9. The molecule has 6 heterocycles. The Kier molecular flexibility index (Phi) is 7.56. The number of thiophene rings is 1. The van der Waals surface area contributed by atoms with Crippen molar-refractivity contribution in [1.29, 1.82) is 0 Å². The quantitative estimate of drug-likeness (QED) is 0.174. The van der Waals surface area contributed by atoms with E-state index in [0.29, 0.717) is 65.9 Å². The summed E-state index contributed by atoms with van der Waals surface area (Å²) in [6.45, 7) is 2.93. The Morgan fingerprint density at radius 2 is 1.87 bits per heavy atom. The monoisotopic (exact) mass is 646 g/mol. The molecule has 5 aromatic heterocycles. The zero-order valence-electron chi connectivity index (χ0n) is 25.6. The van der Waals surface area contributed by atoms with Crippen molar-refractivity contribution in [1.82, 2.24) is 30.5 Å². The van der Waals surface area contributed by atoms with Crippen LogP contribution in [0, 0.1) is 12.7 Å². The summed E-state index contributed by atoms with van der Waals surface area (Å²) in [5, 5.41) is 19.7. The van der Waals surface area contributed by atoms with Crippen LogP contribution >= 0.6 is 11.3 Å². The molecule has 1 unspecified atom stereocenters. The maximum atomic E-state index is 13.9. The molecule has 1 aromatic carbocycles. The number of benzene rings is 1. The molecule has 0 spiro atoms. The fourth-order valence-corrected chi connectivity index (χ4v) is 7.62. The van der Waals surface area contributed by atoms with Crippen LogP contribution < -0.4 is 16.0 Å². The van der Waals surface area contributed by atoms with Crippen LogP contribution in [-0.2, 0) is 19.3 Å². The molecule has 0 bridgehead atoms. The molecule has 1 aliphatic carbocycles. The van der Waals surface area contributed by atoms with Crippen molar-refractivity contribution in [2.75, 3.05) is 23.7 Å². The smallest absolute Gasteiger partial charge is 0.255 e. The van der Waals surface area contributed by atoms with Gasteiger partial charge in [-0.25, -0.2) is 14.4 Å². The normalized spacial score (nSPS) is 15.8. The van der Waals surface area contributed by atoms with Crippen molar-refractivity contribution >= 4 is 39.0 Å². The third kappa shape index (κ3) is 5.58. The molecule has 0 saturated heterocycles. The van der Waals surface area contributed by atoms with E-state index in [1.54, 1.807) is 30.4 Å². The Hall–Kier alpha value is -5.23. The highest BCUT2D eigenvalue weighted by molar-refractivity contribution is 7.23. The summed E-state index contributed by atoms with van der Waals surface area (Å²) in [6, 6.07) is 14.8. The molecule has 0 radical (unpaired) electrons. The van der Waals surface area contributed by atoms with E-state index in [-0.39, 0.29) is 17.8 Å². The molecule has 2 aliphatic rings.